The number of aryl methyl sites for hydroxylation is 1. The van der Waals surface area contributed by atoms with Gasteiger partial charge in [0.05, 0.1) is 12.9 Å². The molecule has 0 aliphatic carbocycles. The van der Waals surface area contributed by atoms with Crippen molar-refractivity contribution < 1.29 is 0 Å². The predicted octanol–water partition coefficient (Wildman–Crippen LogP) is 3.74. The van der Waals surface area contributed by atoms with Crippen molar-refractivity contribution in [2.24, 2.45) is 14.1 Å². The molecule has 3 aromatic rings. The maximum absolute atomic E-state index is 5.61. The van der Waals surface area contributed by atoms with E-state index in [0.29, 0.717) is 11.4 Å². The molecule has 27 heavy (non-hydrogen) atoms. The van der Waals surface area contributed by atoms with Crippen molar-refractivity contribution in [3.05, 3.63) is 52.6 Å². The van der Waals surface area contributed by atoms with Gasteiger partial charge >= 0.3 is 0 Å². The molecule has 2 heterocycles. The second kappa shape index (κ2) is 7.40. The van der Waals surface area contributed by atoms with Gasteiger partial charge in [-0.2, -0.15) is 10.2 Å². The molecular weight excluding hydrogens is 356 g/mol. The van der Waals surface area contributed by atoms with Gasteiger partial charge in [-0.05, 0) is 30.2 Å². The van der Waals surface area contributed by atoms with Crippen LogP contribution < -0.4 is 0 Å². The maximum Gasteiger partial charge on any atom is 0.199 e. The summed E-state index contributed by atoms with van der Waals surface area (Å²) in [6, 6.07) is 8.60. The lowest BCUT2D eigenvalue weighted by Gasteiger charge is -2.19. The van der Waals surface area contributed by atoms with Gasteiger partial charge in [-0.25, -0.2) is 4.68 Å². The maximum atomic E-state index is 5.61. The van der Waals surface area contributed by atoms with Crippen molar-refractivity contribution in [2.45, 2.75) is 39.4 Å². The van der Waals surface area contributed by atoms with Crippen LogP contribution in [0.25, 0.3) is 11.4 Å². The predicted molar refractivity (Wildman–Crippen MR) is 111 cm³/mol. The van der Waals surface area contributed by atoms with Crippen LogP contribution in [0.1, 0.15) is 31.9 Å². The Morgan fingerprint density at radius 2 is 1.78 bits per heavy atom. The van der Waals surface area contributed by atoms with Gasteiger partial charge in [0.1, 0.15) is 0 Å². The Kier molecular flexibility index (Phi) is 5.35. The van der Waals surface area contributed by atoms with Crippen LogP contribution >= 0.6 is 12.2 Å². The summed E-state index contributed by atoms with van der Waals surface area (Å²) in [6.07, 6.45) is 3.91. The topological polar surface area (TPSA) is 43.8 Å². The third-order valence-corrected chi connectivity index (χ3v) is 5.12. The quantitative estimate of drug-likeness (QED) is 0.629. The molecule has 2 aromatic heterocycles. The van der Waals surface area contributed by atoms with E-state index in [2.05, 4.69) is 62.1 Å². The molecule has 0 amide bonds. The van der Waals surface area contributed by atoms with Crippen molar-refractivity contribution in [3.63, 3.8) is 0 Å². The Hall–Kier alpha value is -2.25. The minimum absolute atomic E-state index is 0.137. The number of aromatic nitrogens is 5. The van der Waals surface area contributed by atoms with Gasteiger partial charge < -0.3 is 4.57 Å². The number of hydrogen-bond donors (Lipinski definition) is 0. The van der Waals surface area contributed by atoms with Crippen molar-refractivity contribution in [2.75, 3.05) is 7.05 Å². The van der Waals surface area contributed by atoms with E-state index in [4.69, 9.17) is 17.3 Å². The number of nitrogens with zero attached hydrogens (tertiary/aromatic N) is 6. The van der Waals surface area contributed by atoms with E-state index >= 15 is 0 Å². The van der Waals surface area contributed by atoms with Crippen LogP contribution in [0.5, 0.6) is 0 Å². The Morgan fingerprint density at radius 3 is 2.33 bits per heavy atom. The SMILES string of the molecule is CN(Cc1cnn(C)c1)Cn1nc(-c2ccc(C(C)(C)C)cc2)n(C)c1=S. The first kappa shape index (κ1) is 19.5. The highest BCUT2D eigenvalue weighted by molar-refractivity contribution is 7.71. The molecule has 0 saturated heterocycles. The monoisotopic (exact) mass is 384 g/mol. The second-order valence-electron chi connectivity index (χ2n) is 8.17. The summed E-state index contributed by atoms with van der Waals surface area (Å²) in [6.45, 7) is 8.08. The lowest BCUT2D eigenvalue weighted by atomic mass is 9.87. The van der Waals surface area contributed by atoms with Gasteiger partial charge in [0.25, 0.3) is 0 Å². The fourth-order valence-electron chi connectivity index (χ4n) is 3.09. The van der Waals surface area contributed by atoms with E-state index in [0.717, 1.165) is 17.9 Å². The van der Waals surface area contributed by atoms with E-state index in [1.54, 1.807) is 0 Å². The van der Waals surface area contributed by atoms with E-state index < -0.39 is 0 Å². The Bertz CT molecular complexity index is 971. The molecule has 0 radical (unpaired) electrons. The lowest BCUT2D eigenvalue weighted by Crippen LogP contribution is -2.22. The van der Waals surface area contributed by atoms with Crippen LogP contribution in [-0.2, 0) is 32.7 Å². The Labute approximate surface area is 166 Å². The molecule has 0 N–H and O–H groups in total. The molecule has 0 unspecified atom stereocenters. The lowest BCUT2D eigenvalue weighted by molar-refractivity contribution is 0.244. The van der Waals surface area contributed by atoms with Crippen LogP contribution in [0, 0.1) is 4.77 Å². The summed E-state index contributed by atoms with van der Waals surface area (Å²) in [5, 5.41) is 8.99. The first-order valence-corrected chi connectivity index (χ1v) is 9.47. The van der Waals surface area contributed by atoms with Crippen LogP contribution in [0.4, 0.5) is 0 Å². The number of hydrogen-bond acceptors (Lipinski definition) is 4. The van der Waals surface area contributed by atoms with E-state index in [9.17, 15) is 0 Å². The van der Waals surface area contributed by atoms with Crippen LogP contribution in [0.3, 0.4) is 0 Å². The van der Waals surface area contributed by atoms with Crippen molar-refractivity contribution in [1.29, 1.82) is 0 Å². The van der Waals surface area contributed by atoms with Crippen LogP contribution in [-0.4, -0.2) is 36.1 Å². The molecule has 1 aromatic carbocycles. The van der Waals surface area contributed by atoms with Crippen LogP contribution in [0.2, 0.25) is 0 Å². The second-order valence-corrected chi connectivity index (χ2v) is 8.54. The van der Waals surface area contributed by atoms with Gasteiger partial charge in [-0.3, -0.25) is 9.58 Å². The highest BCUT2D eigenvalue weighted by Gasteiger charge is 2.15. The standard InChI is InChI=1S/C20H28N6S/c1-20(2,3)17-9-7-16(8-10-17)18-22-26(19(27)25(18)6)14-23(4)12-15-11-21-24(5)13-15/h7-11,13H,12,14H2,1-6H3. The summed E-state index contributed by atoms with van der Waals surface area (Å²) in [5.41, 5.74) is 3.69. The summed E-state index contributed by atoms with van der Waals surface area (Å²) < 4.78 is 6.37. The largest absolute Gasteiger partial charge is 0.303 e. The molecule has 7 heteroatoms. The smallest absolute Gasteiger partial charge is 0.199 e. The first-order valence-electron chi connectivity index (χ1n) is 9.06. The zero-order valence-electron chi connectivity index (χ0n) is 17.0. The summed E-state index contributed by atoms with van der Waals surface area (Å²) in [5.74, 6) is 0.884. The highest BCUT2D eigenvalue weighted by atomic mass is 32.1. The Morgan fingerprint density at radius 1 is 1.11 bits per heavy atom. The van der Waals surface area contributed by atoms with Crippen molar-refractivity contribution >= 4 is 12.2 Å². The third kappa shape index (κ3) is 4.36. The normalized spacial score (nSPS) is 12.1. The number of rotatable bonds is 5. The Balaban J connectivity index is 1.80. The van der Waals surface area contributed by atoms with E-state index in [-0.39, 0.29) is 5.41 Å². The molecule has 0 atom stereocenters. The summed E-state index contributed by atoms with van der Waals surface area (Å²) in [7, 11) is 5.96. The average molecular weight is 385 g/mol. The van der Waals surface area contributed by atoms with Gasteiger partial charge in [0.15, 0.2) is 10.6 Å². The van der Waals surface area contributed by atoms with E-state index in [1.807, 2.05) is 40.4 Å². The van der Waals surface area contributed by atoms with Crippen molar-refractivity contribution in [3.8, 4) is 11.4 Å². The molecule has 0 bridgehead atoms. The number of benzene rings is 1. The summed E-state index contributed by atoms with van der Waals surface area (Å²) in [4.78, 5) is 2.17. The van der Waals surface area contributed by atoms with Gasteiger partial charge in [-0.1, -0.05) is 45.0 Å². The zero-order valence-corrected chi connectivity index (χ0v) is 17.8. The molecule has 0 fully saturated rings. The minimum atomic E-state index is 0.137. The summed E-state index contributed by atoms with van der Waals surface area (Å²) >= 11 is 5.61. The minimum Gasteiger partial charge on any atom is -0.303 e. The zero-order chi connectivity index (χ0) is 19.8. The third-order valence-electron chi connectivity index (χ3n) is 4.64. The van der Waals surface area contributed by atoms with E-state index in [1.165, 1.54) is 11.1 Å². The van der Waals surface area contributed by atoms with Gasteiger partial charge in [0, 0.05) is 38.0 Å². The molecule has 0 spiro atoms. The molecule has 0 saturated carbocycles. The average Bonchev–Trinajstić information content (AvgIpc) is 3.12. The molecule has 144 valence electrons. The fraction of sp³-hybridized carbons (Fsp3) is 0.450. The van der Waals surface area contributed by atoms with Gasteiger partial charge in [0.2, 0.25) is 0 Å². The molecule has 3 rings (SSSR count). The fourth-order valence-corrected chi connectivity index (χ4v) is 3.28. The molecule has 0 aliphatic heterocycles. The van der Waals surface area contributed by atoms with Crippen molar-refractivity contribution in [1.82, 2.24) is 29.0 Å². The molecule has 0 aliphatic rings. The first-order chi connectivity index (χ1) is 12.6. The molecular formula is C20H28N6S. The highest BCUT2D eigenvalue weighted by Crippen LogP contribution is 2.25. The molecule has 6 nitrogen and oxygen atoms in total. The van der Waals surface area contributed by atoms with Gasteiger partial charge in [-0.15, -0.1) is 0 Å². The van der Waals surface area contributed by atoms with Crippen LogP contribution in [0.15, 0.2) is 36.7 Å².